The second-order valence-corrected chi connectivity index (χ2v) is 5.12. The smallest absolute Gasteiger partial charge is 0.338 e. The van der Waals surface area contributed by atoms with Crippen LogP contribution in [0.1, 0.15) is 27.6 Å². The average Bonchev–Trinajstić information content (AvgIpc) is 3.04. The third-order valence-electron chi connectivity index (χ3n) is 3.61. The fraction of sp³-hybridized carbons (Fsp3) is 0.118. The lowest BCUT2D eigenvalue weighted by Gasteiger charge is -2.09. The molecular formula is C17H13N3O5. The Bertz CT molecular complexity index is 993. The van der Waals surface area contributed by atoms with Gasteiger partial charge in [-0.2, -0.15) is 0 Å². The predicted molar refractivity (Wildman–Crippen MR) is 88.5 cm³/mol. The molecule has 0 N–H and O–H groups in total. The van der Waals surface area contributed by atoms with E-state index in [4.69, 9.17) is 4.74 Å². The molecule has 8 heteroatoms. The van der Waals surface area contributed by atoms with Crippen molar-refractivity contribution in [1.29, 1.82) is 0 Å². The molecule has 25 heavy (non-hydrogen) atoms. The molecule has 3 aromatic rings. The number of hydrogen-bond donors (Lipinski definition) is 0. The molecule has 0 saturated heterocycles. The van der Waals surface area contributed by atoms with Crippen LogP contribution in [0.2, 0.25) is 0 Å². The molecule has 8 nitrogen and oxygen atoms in total. The zero-order valence-electron chi connectivity index (χ0n) is 13.2. The van der Waals surface area contributed by atoms with Gasteiger partial charge in [-0.3, -0.25) is 19.5 Å². The Labute approximate surface area is 141 Å². The van der Waals surface area contributed by atoms with Gasteiger partial charge >= 0.3 is 5.97 Å². The molecule has 0 bridgehead atoms. The highest BCUT2D eigenvalue weighted by atomic mass is 16.6. The molecule has 0 atom stereocenters. The summed E-state index contributed by atoms with van der Waals surface area (Å²) in [6, 6.07) is 10.4. The first kappa shape index (κ1) is 16.3. The maximum Gasteiger partial charge on any atom is 0.338 e. The third-order valence-corrected chi connectivity index (χ3v) is 3.61. The van der Waals surface area contributed by atoms with E-state index in [9.17, 15) is 19.7 Å². The number of esters is 1. The van der Waals surface area contributed by atoms with Crippen LogP contribution in [-0.2, 0) is 4.74 Å². The summed E-state index contributed by atoms with van der Waals surface area (Å²) in [5, 5.41) is 11.0. The van der Waals surface area contributed by atoms with Gasteiger partial charge in [0.2, 0.25) is 0 Å². The van der Waals surface area contributed by atoms with Crippen LogP contribution in [-0.4, -0.2) is 33.0 Å². The summed E-state index contributed by atoms with van der Waals surface area (Å²) >= 11 is 0. The van der Waals surface area contributed by atoms with Crippen molar-refractivity contribution >= 4 is 28.6 Å². The quantitative estimate of drug-likeness (QED) is 0.411. The number of para-hydroxylation sites is 2. The maximum atomic E-state index is 12.9. The first-order chi connectivity index (χ1) is 12.0. The lowest BCUT2D eigenvalue weighted by Crippen LogP contribution is -2.17. The van der Waals surface area contributed by atoms with Gasteiger partial charge in [-0.05, 0) is 25.1 Å². The second-order valence-electron chi connectivity index (χ2n) is 5.12. The van der Waals surface area contributed by atoms with Gasteiger partial charge < -0.3 is 4.74 Å². The summed E-state index contributed by atoms with van der Waals surface area (Å²) in [5.41, 5.74) is 0.694. The van der Waals surface area contributed by atoms with Gasteiger partial charge in [0, 0.05) is 12.1 Å². The Morgan fingerprint density at radius 3 is 2.68 bits per heavy atom. The summed E-state index contributed by atoms with van der Waals surface area (Å²) in [6.45, 7) is 1.76. The standard InChI is InChI=1S/C17H13N3O5/c1-2-25-17(22)12-8-7-11(20(23)24)9-13(12)16(21)19-10-18-14-5-3-4-6-15(14)19/h3-10H,2H2,1H3. The number of imidazole rings is 1. The minimum atomic E-state index is -0.717. The van der Waals surface area contributed by atoms with E-state index in [1.165, 1.54) is 17.0 Å². The van der Waals surface area contributed by atoms with E-state index in [0.717, 1.165) is 12.1 Å². The summed E-state index contributed by atoms with van der Waals surface area (Å²) in [4.78, 5) is 39.6. The van der Waals surface area contributed by atoms with Gasteiger partial charge in [0.25, 0.3) is 11.6 Å². The first-order valence-corrected chi connectivity index (χ1v) is 7.45. The molecule has 0 saturated carbocycles. The van der Waals surface area contributed by atoms with Crippen molar-refractivity contribution in [3.8, 4) is 0 Å². The third kappa shape index (κ3) is 2.97. The normalized spacial score (nSPS) is 10.6. The van der Waals surface area contributed by atoms with Gasteiger partial charge in [0.1, 0.15) is 6.33 Å². The van der Waals surface area contributed by atoms with Crippen LogP contribution in [0.4, 0.5) is 5.69 Å². The van der Waals surface area contributed by atoms with E-state index in [-0.39, 0.29) is 23.4 Å². The lowest BCUT2D eigenvalue weighted by molar-refractivity contribution is -0.384. The van der Waals surface area contributed by atoms with Crippen molar-refractivity contribution in [1.82, 2.24) is 9.55 Å². The number of rotatable bonds is 4. The number of nitrogens with zero attached hydrogens (tertiary/aromatic N) is 3. The Kier molecular flexibility index (Phi) is 4.25. The van der Waals surface area contributed by atoms with E-state index in [1.54, 1.807) is 31.2 Å². The Balaban J connectivity index is 2.16. The van der Waals surface area contributed by atoms with Crippen molar-refractivity contribution in [3.63, 3.8) is 0 Å². The molecule has 1 heterocycles. The molecule has 0 unspecified atom stereocenters. The minimum Gasteiger partial charge on any atom is -0.462 e. The molecule has 0 radical (unpaired) electrons. The van der Waals surface area contributed by atoms with Crippen molar-refractivity contribution in [3.05, 3.63) is 70.0 Å². The molecule has 126 valence electrons. The number of benzene rings is 2. The molecule has 0 spiro atoms. The van der Waals surface area contributed by atoms with E-state index in [1.807, 2.05) is 0 Å². The van der Waals surface area contributed by atoms with Crippen LogP contribution in [0.15, 0.2) is 48.8 Å². The number of nitro benzene ring substituents is 1. The monoisotopic (exact) mass is 339 g/mol. The van der Waals surface area contributed by atoms with Gasteiger partial charge in [-0.15, -0.1) is 0 Å². The van der Waals surface area contributed by atoms with E-state index in [2.05, 4.69) is 4.98 Å². The SMILES string of the molecule is CCOC(=O)c1ccc([N+](=O)[O-])cc1C(=O)n1cnc2ccccc21. The van der Waals surface area contributed by atoms with Crippen LogP contribution in [0, 0.1) is 10.1 Å². The predicted octanol–water partition coefficient (Wildman–Crippen LogP) is 2.81. The number of aromatic nitrogens is 2. The maximum absolute atomic E-state index is 12.9. The van der Waals surface area contributed by atoms with Crippen LogP contribution in [0.3, 0.4) is 0 Å². The molecule has 0 amide bonds. The zero-order chi connectivity index (χ0) is 18.0. The fourth-order valence-electron chi connectivity index (χ4n) is 2.46. The summed E-state index contributed by atoms with van der Waals surface area (Å²) in [5.74, 6) is -1.31. The summed E-state index contributed by atoms with van der Waals surface area (Å²) < 4.78 is 6.19. The van der Waals surface area contributed by atoms with Crippen molar-refractivity contribution < 1.29 is 19.2 Å². The first-order valence-electron chi connectivity index (χ1n) is 7.45. The van der Waals surface area contributed by atoms with Crippen LogP contribution in [0.5, 0.6) is 0 Å². The Morgan fingerprint density at radius 1 is 1.20 bits per heavy atom. The molecular weight excluding hydrogens is 326 g/mol. The molecule has 2 aromatic carbocycles. The molecule has 0 fully saturated rings. The highest BCUT2D eigenvalue weighted by Crippen LogP contribution is 2.22. The number of nitro groups is 1. The van der Waals surface area contributed by atoms with Crippen molar-refractivity contribution in [2.24, 2.45) is 0 Å². The molecule has 1 aromatic heterocycles. The van der Waals surface area contributed by atoms with Crippen LogP contribution < -0.4 is 0 Å². The molecule has 0 aliphatic rings. The summed E-state index contributed by atoms with van der Waals surface area (Å²) in [6.07, 6.45) is 1.32. The van der Waals surface area contributed by atoms with Crippen molar-refractivity contribution in [2.45, 2.75) is 6.92 Å². The lowest BCUT2D eigenvalue weighted by atomic mass is 10.1. The zero-order valence-corrected chi connectivity index (χ0v) is 13.2. The highest BCUT2D eigenvalue weighted by Gasteiger charge is 2.23. The number of hydrogen-bond acceptors (Lipinski definition) is 6. The Hall–Kier alpha value is -3.55. The fourth-order valence-corrected chi connectivity index (χ4v) is 2.46. The molecule has 0 aliphatic heterocycles. The minimum absolute atomic E-state index is 0.0322. The average molecular weight is 339 g/mol. The van der Waals surface area contributed by atoms with E-state index < -0.39 is 16.8 Å². The summed E-state index contributed by atoms with van der Waals surface area (Å²) in [7, 11) is 0. The number of carbonyl (C=O) groups excluding carboxylic acids is 2. The van der Waals surface area contributed by atoms with E-state index in [0.29, 0.717) is 11.0 Å². The second kappa shape index (κ2) is 6.52. The Morgan fingerprint density at radius 2 is 1.96 bits per heavy atom. The van der Waals surface area contributed by atoms with Crippen LogP contribution in [0.25, 0.3) is 11.0 Å². The number of non-ortho nitro benzene ring substituents is 1. The van der Waals surface area contributed by atoms with Gasteiger partial charge in [0.15, 0.2) is 0 Å². The largest absolute Gasteiger partial charge is 0.462 e. The molecule has 3 rings (SSSR count). The van der Waals surface area contributed by atoms with Gasteiger partial charge in [0.05, 0.1) is 33.7 Å². The van der Waals surface area contributed by atoms with Crippen LogP contribution >= 0.6 is 0 Å². The number of ether oxygens (including phenoxy) is 1. The topological polar surface area (TPSA) is 104 Å². The highest BCUT2D eigenvalue weighted by molar-refractivity contribution is 6.09. The van der Waals surface area contributed by atoms with Crippen molar-refractivity contribution in [2.75, 3.05) is 6.61 Å². The van der Waals surface area contributed by atoms with Gasteiger partial charge in [-0.1, -0.05) is 12.1 Å². The number of fused-ring (bicyclic) bond motifs is 1. The van der Waals surface area contributed by atoms with E-state index >= 15 is 0 Å². The number of carbonyl (C=O) groups is 2. The molecule has 0 aliphatic carbocycles. The van der Waals surface area contributed by atoms with Gasteiger partial charge in [-0.25, -0.2) is 9.78 Å².